The number of hydrogen-bond acceptors (Lipinski definition) is 1. The molecule has 0 aliphatic heterocycles. The predicted molar refractivity (Wildman–Crippen MR) is 58.9 cm³/mol. The molecule has 1 N–H and O–H groups in total. The zero-order valence-corrected chi connectivity index (χ0v) is 9.69. The third kappa shape index (κ3) is 3.68. The Morgan fingerprint density at radius 3 is 2.69 bits per heavy atom. The van der Waals surface area contributed by atoms with Crippen molar-refractivity contribution in [3.63, 3.8) is 0 Å². The van der Waals surface area contributed by atoms with E-state index in [1.165, 1.54) is 32.1 Å². The summed E-state index contributed by atoms with van der Waals surface area (Å²) in [7, 11) is 0. The summed E-state index contributed by atoms with van der Waals surface area (Å²) in [6, 6.07) is 1.47. The molecule has 0 aromatic carbocycles. The van der Waals surface area contributed by atoms with Crippen LogP contribution >= 0.6 is 0 Å². The lowest BCUT2D eigenvalue weighted by atomic mass is 9.75. The quantitative estimate of drug-likeness (QED) is 0.707. The maximum Gasteiger partial charge on any atom is 0.00746 e. The van der Waals surface area contributed by atoms with Crippen molar-refractivity contribution < 1.29 is 0 Å². The number of rotatable bonds is 3. The highest BCUT2D eigenvalue weighted by molar-refractivity contribution is 4.84. The summed E-state index contributed by atoms with van der Waals surface area (Å²) in [6.07, 6.45) is 6.80. The van der Waals surface area contributed by atoms with Gasteiger partial charge in [0.25, 0.3) is 0 Å². The molecule has 1 saturated carbocycles. The maximum atomic E-state index is 3.72. The van der Waals surface area contributed by atoms with Crippen LogP contribution in [0.15, 0.2) is 0 Å². The molecule has 0 heterocycles. The van der Waals surface area contributed by atoms with Gasteiger partial charge in [-0.25, -0.2) is 0 Å². The van der Waals surface area contributed by atoms with Crippen molar-refractivity contribution in [2.45, 2.75) is 71.9 Å². The van der Waals surface area contributed by atoms with E-state index in [0.717, 1.165) is 6.04 Å². The minimum Gasteiger partial charge on any atom is -0.311 e. The third-order valence-corrected chi connectivity index (χ3v) is 3.34. The summed E-state index contributed by atoms with van der Waals surface area (Å²) >= 11 is 0. The summed E-state index contributed by atoms with van der Waals surface area (Å²) in [6.45, 7) is 9.35. The molecule has 1 fully saturated rings. The Kier molecular flexibility index (Phi) is 3.78. The zero-order chi connectivity index (χ0) is 9.90. The first-order chi connectivity index (χ1) is 6.03. The Bertz CT molecular complexity index is 151. The van der Waals surface area contributed by atoms with E-state index in [0.29, 0.717) is 11.5 Å². The van der Waals surface area contributed by atoms with Crippen molar-refractivity contribution in [1.29, 1.82) is 0 Å². The molecule has 1 nitrogen and oxygen atoms in total. The second-order valence-corrected chi connectivity index (χ2v) is 5.43. The average Bonchev–Trinajstić information content (AvgIpc) is 2.02. The van der Waals surface area contributed by atoms with Gasteiger partial charge in [0.2, 0.25) is 0 Å². The SMILES string of the molecule is CC[C@@H](C)N[C@H]1CCCC(C)(C)C1. The van der Waals surface area contributed by atoms with E-state index >= 15 is 0 Å². The summed E-state index contributed by atoms with van der Waals surface area (Å²) in [5.41, 5.74) is 0.573. The van der Waals surface area contributed by atoms with E-state index in [9.17, 15) is 0 Å². The molecule has 13 heavy (non-hydrogen) atoms. The minimum atomic E-state index is 0.573. The van der Waals surface area contributed by atoms with Gasteiger partial charge in [-0.15, -0.1) is 0 Å². The highest BCUT2D eigenvalue weighted by Crippen LogP contribution is 2.35. The second kappa shape index (κ2) is 4.45. The minimum absolute atomic E-state index is 0.573. The largest absolute Gasteiger partial charge is 0.311 e. The van der Waals surface area contributed by atoms with E-state index in [1.807, 2.05) is 0 Å². The molecule has 0 amide bonds. The Balaban J connectivity index is 2.34. The van der Waals surface area contributed by atoms with Crippen LogP contribution in [0.1, 0.15) is 59.8 Å². The smallest absolute Gasteiger partial charge is 0.00746 e. The van der Waals surface area contributed by atoms with Crippen LogP contribution in [0.25, 0.3) is 0 Å². The molecule has 2 atom stereocenters. The van der Waals surface area contributed by atoms with Crippen LogP contribution in [0.5, 0.6) is 0 Å². The van der Waals surface area contributed by atoms with Crippen molar-refractivity contribution >= 4 is 0 Å². The number of nitrogens with one attached hydrogen (secondary N) is 1. The molecular formula is C12H25N. The fourth-order valence-electron chi connectivity index (χ4n) is 2.36. The fraction of sp³-hybridized carbons (Fsp3) is 1.00. The maximum absolute atomic E-state index is 3.72. The molecule has 0 unspecified atom stereocenters. The van der Waals surface area contributed by atoms with Crippen molar-refractivity contribution in [1.82, 2.24) is 5.32 Å². The van der Waals surface area contributed by atoms with E-state index < -0.39 is 0 Å². The standard InChI is InChI=1S/C12H25N/c1-5-10(2)13-11-7-6-8-12(3,4)9-11/h10-11,13H,5-9H2,1-4H3/t10-,11+/m1/s1. The monoisotopic (exact) mass is 183 g/mol. The van der Waals surface area contributed by atoms with Crippen LogP contribution in [-0.4, -0.2) is 12.1 Å². The molecule has 1 rings (SSSR count). The van der Waals surface area contributed by atoms with Crippen LogP contribution in [0, 0.1) is 5.41 Å². The van der Waals surface area contributed by atoms with Crippen molar-refractivity contribution in [3.8, 4) is 0 Å². The van der Waals surface area contributed by atoms with E-state index in [4.69, 9.17) is 0 Å². The topological polar surface area (TPSA) is 12.0 Å². The average molecular weight is 183 g/mol. The van der Waals surface area contributed by atoms with E-state index in [2.05, 4.69) is 33.0 Å². The molecule has 0 radical (unpaired) electrons. The summed E-state index contributed by atoms with van der Waals surface area (Å²) < 4.78 is 0. The Morgan fingerprint density at radius 1 is 1.46 bits per heavy atom. The molecule has 78 valence electrons. The van der Waals surface area contributed by atoms with Gasteiger partial charge in [-0.3, -0.25) is 0 Å². The highest BCUT2D eigenvalue weighted by atomic mass is 14.9. The molecule has 1 aliphatic carbocycles. The van der Waals surface area contributed by atoms with Gasteiger partial charge in [0.15, 0.2) is 0 Å². The summed E-state index contributed by atoms with van der Waals surface area (Å²) in [5, 5.41) is 3.72. The molecule has 0 saturated heterocycles. The summed E-state index contributed by atoms with van der Waals surface area (Å²) in [5.74, 6) is 0. The van der Waals surface area contributed by atoms with Gasteiger partial charge in [-0.2, -0.15) is 0 Å². The van der Waals surface area contributed by atoms with Crippen LogP contribution in [0.3, 0.4) is 0 Å². The fourth-order valence-corrected chi connectivity index (χ4v) is 2.36. The molecule has 0 aromatic rings. The molecule has 0 spiro atoms. The Labute approximate surface area is 83.3 Å². The van der Waals surface area contributed by atoms with Crippen LogP contribution in [0.4, 0.5) is 0 Å². The lowest BCUT2D eigenvalue weighted by Crippen LogP contribution is -2.41. The lowest BCUT2D eigenvalue weighted by Gasteiger charge is -2.36. The van der Waals surface area contributed by atoms with Gasteiger partial charge >= 0.3 is 0 Å². The highest BCUT2D eigenvalue weighted by Gasteiger charge is 2.27. The van der Waals surface area contributed by atoms with Crippen LogP contribution < -0.4 is 5.32 Å². The first-order valence-corrected chi connectivity index (χ1v) is 5.79. The number of hydrogen-bond donors (Lipinski definition) is 1. The molecule has 0 bridgehead atoms. The normalized spacial score (nSPS) is 30.0. The third-order valence-electron chi connectivity index (χ3n) is 3.34. The van der Waals surface area contributed by atoms with Gasteiger partial charge in [-0.1, -0.05) is 27.2 Å². The van der Waals surface area contributed by atoms with Crippen molar-refractivity contribution in [2.24, 2.45) is 5.41 Å². The first-order valence-electron chi connectivity index (χ1n) is 5.79. The van der Waals surface area contributed by atoms with Gasteiger partial charge in [0.1, 0.15) is 0 Å². The van der Waals surface area contributed by atoms with Gasteiger partial charge < -0.3 is 5.32 Å². The van der Waals surface area contributed by atoms with Gasteiger partial charge in [0.05, 0.1) is 0 Å². The Hall–Kier alpha value is -0.0400. The van der Waals surface area contributed by atoms with Crippen molar-refractivity contribution in [2.75, 3.05) is 0 Å². The second-order valence-electron chi connectivity index (χ2n) is 5.43. The molecular weight excluding hydrogens is 158 g/mol. The molecule has 0 aromatic heterocycles. The van der Waals surface area contributed by atoms with Crippen LogP contribution in [-0.2, 0) is 0 Å². The molecule has 1 aliphatic rings. The van der Waals surface area contributed by atoms with Gasteiger partial charge in [0, 0.05) is 12.1 Å². The van der Waals surface area contributed by atoms with E-state index in [-0.39, 0.29) is 0 Å². The zero-order valence-electron chi connectivity index (χ0n) is 9.69. The first kappa shape index (κ1) is 11.0. The van der Waals surface area contributed by atoms with Gasteiger partial charge in [-0.05, 0) is 38.0 Å². The van der Waals surface area contributed by atoms with Crippen molar-refractivity contribution in [3.05, 3.63) is 0 Å². The Morgan fingerprint density at radius 2 is 2.15 bits per heavy atom. The summed E-state index contributed by atoms with van der Waals surface area (Å²) in [4.78, 5) is 0. The lowest BCUT2D eigenvalue weighted by molar-refractivity contribution is 0.190. The molecule has 1 heteroatoms. The predicted octanol–water partition coefficient (Wildman–Crippen LogP) is 3.34. The van der Waals surface area contributed by atoms with E-state index in [1.54, 1.807) is 0 Å². The van der Waals surface area contributed by atoms with Crippen LogP contribution in [0.2, 0.25) is 0 Å².